The van der Waals surface area contributed by atoms with Crippen molar-refractivity contribution in [2.45, 2.75) is 77.9 Å². The van der Waals surface area contributed by atoms with E-state index in [4.69, 9.17) is 11.6 Å². The first-order valence-electron chi connectivity index (χ1n) is 13.9. The predicted molar refractivity (Wildman–Crippen MR) is 166 cm³/mol. The normalized spacial score (nSPS) is 12.9. The highest BCUT2D eigenvalue weighted by Crippen LogP contribution is 2.30. The number of benzene rings is 3. The van der Waals surface area contributed by atoms with Gasteiger partial charge in [-0.15, -0.1) is 0 Å². The minimum absolute atomic E-state index is 0.0577. The number of amides is 2. The predicted octanol–water partition coefficient (Wildman–Crippen LogP) is 6.18. The van der Waals surface area contributed by atoms with Crippen LogP contribution >= 0.6 is 11.6 Å². The Labute approximate surface area is 249 Å². The number of carbonyl (C=O) groups is 2. The molecule has 0 aromatic heterocycles. The molecule has 41 heavy (non-hydrogen) atoms. The van der Waals surface area contributed by atoms with Crippen LogP contribution in [0.4, 0.5) is 5.69 Å². The van der Waals surface area contributed by atoms with Crippen LogP contribution in [0, 0.1) is 20.8 Å². The average molecular weight is 598 g/mol. The van der Waals surface area contributed by atoms with E-state index in [2.05, 4.69) is 5.32 Å². The van der Waals surface area contributed by atoms with Gasteiger partial charge in [0.2, 0.25) is 11.8 Å². The van der Waals surface area contributed by atoms with E-state index < -0.39 is 28.5 Å². The maximum atomic E-state index is 14.2. The van der Waals surface area contributed by atoms with Gasteiger partial charge in [0.25, 0.3) is 10.0 Å². The van der Waals surface area contributed by atoms with E-state index in [9.17, 15) is 18.0 Å². The Hall–Kier alpha value is -3.36. The lowest BCUT2D eigenvalue weighted by Crippen LogP contribution is -2.53. The Morgan fingerprint density at radius 2 is 1.56 bits per heavy atom. The lowest BCUT2D eigenvalue weighted by molar-refractivity contribution is -0.140. The summed E-state index contributed by atoms with van der Waals surface area (Å²) in [6.07, 6.45) is 1.10. The van der Waals surface area contributed by atoms with E-state index in [1.54, 1.807) is 37.3 Å². The van der Waals surface area contributed by atoms with Crippen LogP contribution in [-0.4, -0.2) is 43.8 Å². The topological polar surface area (TPSA) is 86.8 Å². The monoisotopic (exact) mass is 597 g/mol. The third kappa shape index (κ3) is 7.89. The average Bonchev–Trinajstić information content (AvgIpc) is 2.94. The van der Waals surface area contributed by atoms with E-state index in [1.165, 1.54) is 17.0 Å². The Morgan fingerprint density at radius 3 is 2.17 bits per heavy atom. The molecule has 0 aliphatic heterocycles. The highest BCUT2D eigenvalue weighted by atomic mass is 35.5. The Morgan fingerprint density at radius 1 is 0.902 bits per heavy atom. The molecule has 2 atom stereocenters. The zero-order valence-electron chi connectivity index (χ0n) is 24.6. The zero-order chi connectivity index (χ0) is 30.3. The van der Waals surface area contributed by atoms with Crippen LogP contribution in [0.25, 0.3) is 0 Å². The van der Waals surface area contributed by atoms with Gasteiger partial charge in [0, 0.05) is 17.6 Å². The molecule has 1 N–H and O–H groups in total. The summed E-state index contributed by atoms with van der Waals surface area (Å²) in [6, 6.07) is 18.2. The summed E-state index contributed by atoms with van der Waals surface area (Å²) in [6.45, 7) is 11.0. The zero-order valence-corrected chi connectivity index (χ0v) is 26.2. The summed E-state index contributed by atoms with van der Waals surface area (Å²) in [5.74, 6) is -0.759. The fraction of sp³-hybridized carbons (Fsp3) is 0.375. The Kier molecular flexibility index (Phi) is 11.0. The van der Waals surface area contributed by atoms with E-state index in [-0.39, 0.29) is 23.4 Å². The van der Waals surface area contributed by atoms with Crippen LogP contribution < -0.4 is 9.62 Å². The smallest absolute Gasteiger partial charge is 0.264 e. The summed E-state index contributed by atoms with van der Waals surface area (Å²) in [5.41, 5.74) is 3.71. The number of nitrogens with zero attached hydrogens (tertiary/aromatic N) is 2. The van der Waals surface area contributed by atoms with Crippen molar-refractivity contribution >= 4 is 39.1 Å². The van der Waals surface area contributed by atoms with E-state index in [0.717, 1.165) is 27.4 Å². The van der Waals surface area contributed by atoms with Crippen molar-refractivity contribution in [1.82, 2.24) is 10.2 Å². The van der Waals surface area contributed by atoms with Gasteiger partial charge < -0.3 is 10.2 Å². The van der Waals surface area contributed by atoms with Gasteiger partial charge in [-0.05, 0) is 81.5 Å². The van der Waals surface area contributed by atoms with Crippen molar-refractivity contribution in [2.75, 3.05) is 10.8 Å². The first-order valence-corrected chi connectivity index (χ1v) is 15.7. The minimum atomic E-state index is -4.17. The number of anilines is 1. The van der Waals surface area contributed by atoms with Gasteiger partial charge in [-0.2, -0.15) is 0 Å². The second-order valence-electron chi connectivity index (χ2n) is 10.4. The van der Waals surface area contributed by atoms with Crippen molar-refractivity contribution in [3.63, 3.8) is 0 Å². The molecule has 0 unspecified atom stereocenters. The molecule has 3 rings (SSSR count). The van der Waals surface area contributed by atoms with Crippen molar-refractivity contribution in [3.8, 4) is 0 Å². The van der Waals surface area contributed by atoms with Crippen LogP contribution in [-0.2, 0) is 26.2 Å². The standard InChI is InChI=1S/C32H40ClN3O4S/c1-7-25(6)34-32(38)29(8-2)35(20-26-12-10-9-11-23(26)4)31(37)21-36(30-19-27(33)16-15-24(30)5)41(39,40)28-17-13-22(3)14-18-28/h9-19,25,29H,7-8,20-21H2,1-6H3,(H,34,38)/t25-,29-/m1/s1. The molecule has 9 heteroatoms. The molecule has 0 saturated heterocycles. The second-order valence-corrected chi connectivity index (χ2v) is 12.7. The number of carbonyl (C=O) groups excluding carboxylic acids is 2. The summed E-state index contributed by atoms with van der Waals surface area (Å²) >= 11 is 6.31. The molecule has 3 aromatic rings. The quantitative estimate of drug-likeness (QED) is 0.270. The molecular formula is C32H40ClN3O4S. The molecule has 3 aromatic carbocycles. The number of rotatable bonds is 12. The number of nitrogens with one attached hydrogen (secondary N) is 1. The van der Waals surface area contributed by atoms with Crippen molar-refractivity contribution < 1.29 is 18.0 Å². The van der Waals surface area contributed by atoms with Crippen LogP contribution in [0.3, 0.4) is 0 Å². The number of halogens is 1. The SMILES string of the molecule is CC[C@@H](C)NC(=O)[C@@H](CC)N(Cc1ccccc1C)C(=O)CN(c1cc(Cl)ccc1C)S(=O)(=O)c1ccc(C)cc1. The molecule has 0 saturated carbocycles. The maximum Gasteiger partial charge on any atom is 0.264 e. The first kappa shape index (κ1) is 32.2. The molecule has 2 amide bonds. The molecule has 0 spiro atoms. The molecule has 0 fully saturated rings. The van der Waals surface area contributed by atoms with Crippen molar-refractivity contribution in [2.24, 2.45) is 0 Å². The van der Waals surface area contributed by atoms with Gasteiger partial charge in [0.1, 0.15) is 12.6 Å². The lowest BCUT2D eigenvalue weighted by Gasteiger charge is -2.34. The fourth-order valence-electron chi connectivity index (χ4n) is 4.53. The van der Waals surface area contributed by atoms with Gasteiger partial charge in [-0.1, -0.05) is 73.5 Å². The van der Waals surface area contributed by atoms with Gasteiger partial charge in [-0.3, -0.25) is 13.9 Å². The van der Waals surface area contributed by atoms with E-state index in [0.29, 0.717) is 22.7 Å². The maximum absolute atomic E-state index is 14.2. The molecule has 0 aliphatic carbocycles. The third-order valence-electron chi connectivity index (χ3n) is 7.32. The first-order chi connectivity index (χ1) is 19.4. The number of aryl methyl sites for hydroxylation is 3. The molecule has 0 radical (unpaired) electrons. The van der Waals surface area contributed by atoms with Crippen molar-refractivity contribution in [3.05, 3.63) is 94.0 Å². The fourth-order valence-corrected chi connectivity index (χ4v) is 6.17. The third-order valence-corrected chi connectivity index (χ3v) is 9.33. The number of sulfonamides is 1. The largest absolute Gasteiger partial charge is 0.352 e. The van der Waals surface area contributed by atoms with Gasteiger partial charge in [0.05, 0.1) is 10.6 Å². The summed E-state index contributed by atoms with van der Waals surface area (Å²) in [7, 11) is -4.17. The second kappa shape index (κ2) is 14.0. The molecule has 220 valence electrons. The summed E-state index contributed by atoms with van der Waals surface area (Å²) in [4.78, 5) is 29.2. The Bertz CT molecular complexity index is 1470. The molecule has 0 aliphatic rings. The van der Waals surface area contributed by atoms with Crippen LogP contribution in [0.2, 0.25) is 5.02 Å². The minimum Gasteiger partial charge on any atom is -0.352 e. The van der Waals surface area contributed by atoms with Crippen molar-refractivity contribution in [1.29, 1.82) is 0 Å². The summed E-state index contributed by atoms with van der Waals surface area (Å²) < 4.78 is 29.2. The van der Waals surface area contributed by atoms with Crippen LogP contribution in [0.5, 0.6) is 0 Å². The van der Waals surface area contributed by atoms with Gasteiger partial charge >= 0.3 is 0 Å². The van der Waals surface area contributed by atoms with Gasteiger partial charge in [-0.25, -0.2) is 8.42 Å². The number of hydrogen-bond donors (Lipinski definition) is 1. The van der Waals surface area contributed by atoms with Crippen LogP contribution in [0.1, 0.15) is 55.9 Å². The highest BCUT2D eigenvalue weighted by molar-refractivity contribution is 7.92. The highest BCUT2D eigenvalue weighted by Gasteiger charge is 2.34. The molecule has 0 heterocycles. The molecule has 7 nitrogen and oxygen atoms in total. The number of hydrogen-bond acceptors (Lipinski definition) is 4. The molecular weight excluding hydrogens is 558 g/mol. The Balaban J connectivity index is 2.11. The van der Waals surface area contributed by atoms with E-state index in [1.807, 2.05) is 58.9 Å². The van der Waals surface area contributed by atoms with Crippen LogP contribution in [0.15, 0.2) is 71.6 Å². The molecule has 0 bridgehead atoms. The summed E-state index contributed by atoms with van der Waals surface area (Å²) in [5, 5.41) is 3.34. The van der Waals surface area contributed by atoms with E-state index >= 15 is 0 Å². The lowest BCUT2D eigenvalue weighted by atomic mass is 10.1. The van der Waals surface area contributed by atoms with Gasteiger partial charge in [0.15, 0.2) is 0 Å².